The third-order valence-corrected chi connectivity index (χ3v) is 6.11. The number of anilines is 2. The highest BCUT2D eigenvalue weighted by atomic mass is 32.2. The summed E-state index contributed by atoms with van der Waals surface area (Å²) < 4.78 is 25.6. The molecular weight excluding hydrogens is 348 g/mol. The summed E-state index contributed by atoms with van der Waals surface area (Å²) >= 11 is 0. The molecule has 2 aromatic rings. The molecule has 5 nitrogen and oxygen atoms in total. The zero-order chi connectivity index (χ0) is 19.3. The number of rotatable bonds is 7. The van der Waals surface area contributed by atoms with E-state index < -0.39 is 10.0 Å². The van der Waals surface area contributed by atoms with E-state index in [1.165, 1.54) is 9.87 Å². The second-order valence-corrected chi connectivity index (χ2v) is 8.52. The van der Waals surface area contributed by atoms with E-state index in [1.54, 1.807) is 38.1 Å². The van der Waals surface area contributed by atoms with Crippen LogP contribution in [0.2, 0.25) is 0 Å². The number of hydrogen-bond acceptors (Lipinski definition) is 3. The maximum Gasteiger partial charge on any atom is 0.255 e. The molecule has 0 saturated carbocycles. The highest BCUT2D eigenvalue weighted by molar-refractivity contribution is 7.92. The van der Waals surface area contributed by atoms with Crippen LogP contribution in [-0.4, -0.2) is 26.6 Å². The Hall–Kier alpha value is -2.34. The third-order valence-electron chi connectivity index (χ3n) is 4.24. The minimum absolute atomic E-state index is 0.0372. The van der Waals surface area contributed by atoms with Crippen LogP contribution in [0.3, 0.4) is 0 Å². The van der Waals surface area contributed by atoms with Gasteiger partial charge in [0.25, 0.3) is 5.91 Å². The Balaban J connectivity index is 2.13. The predicted molar refractivity (Wildman–Crippen MR) is 107 cm³/mol. The van der Waals surface area contributed by atoms with Crippen LogP contribution >= 0.6 is 0 Å². The second-order valence-electron chi connectivity index (χ2n) is 6.34. The molecule has 0 saturated heterocycles. The van der Waals surface area contributed by atoms with E-state index in [0.717, 1.165) is 5.69 Å². The number of benzene rings is 2. The minimum Gasteiger partial charge on any atom is -0.322 e. The molecule has 2 aromatic carbocycles. The van der Waals surface area contributed by atoms with Crippen molar-refractivity contribution in [3.05, 3.63) is 59.7 Å². The molecule has 0 aromatic heterocycles. The molecule has 0 aliphatic rings. The Morgan fingerprint density at radius 1 is 1.00 bits per heavy atom. The van der Waals surface area contributed by atoms with Crippen molar-refractivity contribution in [2.45, 2.75) is 33.6 Å². The summed E-state index contributed by atoms with van der Waals surface area (Å²) in [5.41, 5.74) is 2.98. The summed E-state index contributed by atoms with van der Waals surface area (Å²) in [5.74, 6) is 0.249. The van der Waals surface area contributed by atoms with E-state index in [9.17, 15) is 13.2 Å². The molecule has 0 fully saturated rings. The SMILES string of the molecule is CCN(c1ccc(C(=O)Nc2ccc(C(C)C)cc2)cc1)S(=O)(=O)CC. The van der Waals surface area contributed by atoms with Gasteiger partial charge in [-0.1, -0.05) is 26.0 Å². The monoisotopic (exact) mass is 374 g/mol. The minimum atomic E-state index is -3.32. The number of nitrogens with zero attached hydrogens (tertiary/aromatic N) is 1. The molecule has 2 rings (SSSR count). The van der Waals surface area contributed by atoms with Gasteiger partial charge in [-0.15, -0.1) is 0 Å². The van der Waals surface area contributed by atoms with Crippen molar-refractivity contribution < 1.29 is 13.2 Å². The molecule has 1 amide bonds. The summed E-state index contributed by atoms with van der Waals surface area (Å²) in [6, 6.07) is 14.4. The van der Waals surface area contributed by atoms with Crippen molar-refractivity contribution in [2.75, 3.05) is 21.9 Å². The zero-order valence-corrected chi connectivity index (χ0v) is 16.5. The van der Waals surface area contributed by atoms with Crippen molar-refractivity contribution >= 4 is 27.3 Å². The van der Waals surface area contributed by atoms with Gasteiger partial charge in [-0.3, -0.25) is 9.10 Å². The molecule has 0 spiro atoms. The fraction of sp³-hybridized carbons (Fsp3) is 0.350. The first-order valence-electron chi connectivity index (χ1n) is 8.80. The lowest BCUT2D eigenvalue weighted by Gasteiger charge is -2.22. The maximum atomic E-state index is 12.4. The quantitative estimate of drug-likeness (QED) is 0.788. The highest BCUT2D eigenvalue weighted by Gasteiger charge is 2.19. The first kappa shape index (κ1) is 20.0. The topological polar surface area (TPSA) is 66.5 Å². The van der Waals surface area contributed by atoms with Gasteiger partial charge in [-0.2, -0.15) is 0 Å². The molecule has 1 N–H and O–H groups in total. The normalized spacial score (nSPS) is 11.4. The Kier molecular flexibility index (Phi) is 6.42. The summed E-state index contributed by atoms with van der Waals surface area (Å²) in [6.07, 6.45) is 0. The Labute approximate surface area is 156 Å². The van der Waals surface area contributed by atoms with Crippen LogP contribution in [0.5, 0.6) is 0 Å². The highest BCUT2D eigenvalue weighted by Crippen LogP contribution is 2.21. The van der Waals surface area contributed by atoms with Crippen LogP contribution in [-0.2, 0) is 10.0 Å². The molecular formula is C20H26N2O3S. The average molecular weight is 375 g/mol. The molecule has 0 heterocycles. The number of nitrogens with one attached hydrogen (secondary N) is 1. The number of carbonyl (C=O) groups excluding carboxylic acids is 1. The number of carbonyl (C=O) groups is 1. The van der Waals surface area contributed by atoms with Crippen molar-refractivity contribution in [3.8, 4) is 0 Å². The summed E-state index contributed by atoms with van der Waals surface area (Å²) in [4.78, 5) is 12.4. The molecule has 0 radical (unpaired) electrons. The smallest absolute Gasteiger partial charge is 0.255 e. The standard InChI is InChI=1S/C20H26N2O3S/c1-5-22(26(24,25)6-2)19-13-9-17(10-14-19)20(23)21-18-11-7-16(8-12-18)15(3)4/h7-15H,5-6H2,1-4H3,(H,21,23). The van der Waals surface area contributed by atoms with Crippen molar-refractivity contribution in [3.63, 3.8) is 0 Å². The van der Waals surface area contributed by atoms with Gasteiger partial charge < -0.3 is 5.32 Å². The first-order chi connectivity index (χ1) is 12.3. The molecule has 26 heavy (non-hydrogen) atoms. The fourth-order valence-corrected chi connectivity index (χ4v) is 3.78. The first-order valence-corrected chi connectivity index (χ1v) is 10.4. The molecule has 0 aliphatic heterocycles. The molecule has 0 unspecified atom stereocenters. The van der Waals surface area contributed by atoms with Crippen LogP contribution in [0, 0.1) is 0 Å². The zero-order valence-electron chi connectivity index (χ0n) is 15.7. The molecule has 0 aliphatic carbocycles. The lowest BCUT2D eigenvalue weighted by Crippen LogP contribution is -2.32. The van der Waals surface area contributed by atoms with Gasteiger partial charge in [0.15, 0.2) is 0 Å². The van der Waals surface area contributed by atoms with Crippen LogP contribution in [0.1, 0.15) is 49.5 Å². The lowest BCUT2D eigenvalue weighted by atomic mass is 10.0. The summed E-state index contributed by atoms with van der Waals surface area (Å²) in [5, 5.41) is 2.86. The van der Waals surface area contributed by atoms with Crippen molar-refractivity contribution in [1.82, 2.24) is 0 Å². The number of amides is 1. The van der Waals surface area contributed by atoms with E-state index in [1.807, 2.05) is 24.3 Å². The van der Waals surface area contributed by atoms with Gasteiger partial charge in [-0.05, 0) is 61.7 Å². The van der Waals surface area contributed by atoms with Crippen LogP contribution in [0.15, 0.2) is 48.5 Å². The van der Waals surface area contributed by atoms with Gasteiger partial charge in [0.1, 0.15) is 0 Å². The van der Waals surface area contributed by atoms with Crippen LogP contribution < -0.4 is 9.62 Å². The van der Waals surface area contributed by atoms with Gasteiger partial charge in [-0.25, -0.2) is 8.42 Å². The molecule has 0 bridgehead atoms. The van der Waals surface area contributed by atoms with Gasteiger partial charge in [0, 0.05) is 17.8 Å². The maximum absolute atomic E-state index is 12.4. The van der Waals surface area contributed by atoms with Gasteiger partial charge in [0.05, 0.1) is 11.4 Å². The van der Waals surface area contributed by atoms with Crippen molar-refractivity contribution in [1.29, 1.82) is 0 Å². The van der Waals surface area contributed by atoms with E-state index in [-0.39, 0.29) is 11.7 Å². The summed E-state index contributed by atoms with van der Waals surface area (Å²) in [6.45, 7) is 7.99. The van der Waals surface area contributed by atoms with E-state index >= 15 is 0 Å². The summed E-state index contributed by atoms with van der Waals surface area (Å²) in [7, 11) is -3.32. The largest absolute Gasteiger partial charge is 0.322 e. The third kappa shape index (κ3) is 4.64. The van der Waals surface area contributed by atoms with Gasteiger partial charge in [0.2, 0.25) is 10.0 Å². The van der Waals surface area contributed by atoms with E-state index in [2.05, 4.69) is 19.2 Å². The fourth-order valence-electron chi connectivity index (χ4n) is 2.63. The van der Waals surface area contributed by atoms with E-state index in [0.29, 0.717) is 23.7 Å². The molecule has 0 atom stereocenters. The second kappa shape index (κ2) is 8.36. The predicted octanol–water partition coefficient (Wildman–Crippen LogP) is 4.24. The lowest BCUT2D eigenvalue weighted by molar-refractivity contribution is 0.102. The van der Waals surface area contributed by atoms with E-state index in [4.69, 9.17) is 0 Å². The Morgan fingerprint density at radius 2 is 1.58 bits per heavy atom. The van der Waals surface area contributed by atoms with Crippen LogP contribution in [0.25, 0.3) is 0 Å². The molecule has 140 valence electrons. The number of hydrogen-bond donors (Lipinski definition) is 1. The Morgan fingerprint density at radius 3 is 2.04 bits per heavy atom. The Bertz CT molecular complexity index is 842. The van der Waals surface area contributed by atoms with Crippen molar-refractivity contribution in [2.24, 2.45) is 0 Å². The van der Waals surface area contributed by atoms with Gasteiger partial charge >= 0.3 is 0 Å². The molecule has 6 heteroatoms. The number of sulfonamides is 1. The van der Waals surface area contributed by atoms with Crippen LogP contribution in [0.4, 0.5) is 11.4 Å². The average Bonchev–Trinajstić information content (AvgIpc) is 2.63.